The van der Waals surface area contributed by atoms with E-state index in [1.54, 1.807) is 0 Å². The van der Waals surface area contributed by atoms with Crippen molar-refractivity contribution >= 4 is 27.7 Å². The first-order valence-corrected chi connectivity index (χ1v) is 5.60. The molecule has 0 N–H and O–H groups in total. The van der Waals surface area contributed by atoms with E-state index in [-0.39, 0.29) is 0 Å². The first-order valence-electron chi connectivity index (χ1n) is 3.65. The molecule has 0 radical (unpaired) electrons. The van der Waals surface area contributed by atoms with Gasteiger partial charge in [-0.05, 0) is 23.4 Å². The molecule has 0 aromatic heterocycles. The summed E-state index contributed by atoms with van der Waals surface area (Å²) in [5, 5.41) is 0. The Kier molecular flexibility index (Phi) is 4.02. The molecular weight excluding hydrogens is 220 g/mol. The van der Waals surface area contributed by atoms with E-state index in [1.807, 2.05) is 11.8 Å². The molecule has 0 saturated carbocycles. The van der Waals surface area contributed by atoms with Crippen LogP contribution < -0.4 is 0 Å². The summed E-state index contributed by atoms with van der Waals surface area (Å²) >= 11 is 5.36. The summed E-state index contributed by atoms with van der Waals surface area (Å²) in [5.74, 6) is 2.32. The number of hydrogen-bond donors (Lipinski definition) is 0. The Labute approximate surface area is 80.5 Å². The molecule has 0 aliphatic carbocycles. The van der Waals surface area contributed by atoms with E-state index >= 15 is 0 Å². The van der Waals surface area contributed by atoms with Gasteiger partial charge >= 0.3 is 0 Å². The SMILES string of the molecule is CCSCc1ccc(Br)cc1. The van der Waals surface area contributed by atoms with Crippen LogP contribution in [0.3, 0.4) is 0 Å². The summed E-state index contributed by atoms with van der Waals surface area (Å²) in [6.07, 6.45) is 0. The molecule has 1 rings (SSSR count). The minimum Gasteiger partial charge on any atom is -0.157 e. The fraction of sp³-hybridized carbons (Fsp3) is 0.333. The minimum absolute atomic E-state index is 1.13. The van der Waals surface area contributed by atoms with Gasteiger partial charge in [0, 0.05) is 10.2 Å². The zero-order valence-electron chi connectivity index (χ0n) is 6.51. The van der Waals surface area contributed by atoms with Crippen molar-refractivity contribution in [1.29, 1.82) is 0 Å². The molecule has 60 valence electrons. The van der Waals surface area contributed by atoms with Gasteiger partial charge in [0.2, 0.25) is 0 Å². The van der Waals surface area contributed by atoms with Crippen LogP contribution in [0, 0.1) is 0 Å². The second kappa shape index (κ2) is 4.83. The van der Waals surface area contributed by atoms with E-state index in [0.29, 0.717) is 0 Å². The number of rotatable bonds is 3. The largest absolute Gasteiger partial charge is 0.157 e. The molecule has 0 aliphatic rings. The Morgan fingerprint density at radius 2 is 1.91 bits per heavy atom. The highest BCUT2D eigenvalue weighted by molar-refractivity contribution is 9.10. The third-order valence-corrected chi connectivity index (χ3v) is 2.86. The second-order valence-corrected chi connectivity index (χ2v) is 4.45. The smallest absolute Gasteiger partial charge is 0.0184 e. The summed E-state index contributed by atoms with van der Waals surface area (Å²) in [4.78, 5) is 0. The van der Waals surface area contributed by atoms with Crippen molar-refractivity contribution in [3.8, 4) is 0 Å². The van der Waals surface area contributed by atoms with Crippen LogP contribution in [0.4, 0.5) is 0 Å². The van der Waals surface area contributed by atoms with Crippen LogP contribution in [0.1, 0.15) is 12.5 Å². The minimum atomic E-state index is 1.13. The lowest BCUT2D eigenvalue weighted by molar-refractivity contribution is 1.39. The normalized spacial score (nSPS) is 10.0. The van der Waals surface area contributed by atoms with E-state index in [9.17, 15) is 0 Å². The number of thioether (sulfide) groups is 1. The molecule has 0 heterocycles. The van der Waals surface area contributed by atoms with E-state index in [1.165, 1.54) is 11.3 Å². The van der Waals surface area contributed by atoms with E-state index in [4.69, 9.17) is 0 Å². The molecule has 0 amide bonds. The Bertz CT molecular complexity index is 205. The highest BCUT2D eigenvalue weighted by Crippen LogP contribution is 2.15. The first kappa shape index (κ1) is 9.14. The van der Waals surface area contributed by atoms with Crippen molar-refractivity contribution in [3.63, 3.8) is 0 Å². The number of benzene rings is 1. The van der Waals surface area contributed by atoms with Crippen molar-refractivity contribution in [3.05, 3.63) is 34.3 Å². The van der Waals surface area contributed by atoms with E-state index in [0.717, 1.165) is 10.2 Å². The van der Waals surface area contributed by atoms with Crippen molar-refractivity contribution in [2.45, 2.75) is 12.7 Å². The van der Waals surface area contributed by atoms with E-state index in [2.05, 4.69) is 47.1 Å². The third kappa shape index (κ3) is 3.30. The summed E-state index contributed by atoms with van der Waals surface area (Å²) in [6.45, 7) is 2.18. The zero-order valence-corrected chi connectivity index (χ0v) is 8.91. The molecule has 1 aromatic rings. The molecule has 0 bridgehead atoms. The van der Waals surface area contributed by atoms with Gasteiger partial charge in [0.25, 0.3) is 0 Å². The Morgan fingerprint density at radius 3 is 2.45 bits per heavy atom. The molecule has 0 aliphatic heterocycles. The monoisotopic (exact) mass is 230 g/mol. The highest BCUT2D eigenvalue weighted by Gasteiger charge is 1.90. The van der Waals surface area contributed by atoms with Crippen molar-refractivity contribution < 1.29 is 0 Å². The van der Waals surface area contributed by atoms with Gasteiger partial charge in [-0.25, -0.2) is 0 Å². The number of hydrogen-bond acceptors (Lipinski definition) is 1. The molecule has 0 saturated heterocycles. The topological polar surface area (TPSA) is 0 Å². The Balaban J connectivity index is 2.52. The molecule has 0 fully saturated rings. The molecule has 0 nitrogen and oxygen atoms in total. The Hall–Kier alpha value is 0.0500. The maximum absolute atomic E-state index is 3.41. The standard InChI is InChI=1S/C9H11BrS/c1-2-11-7-8-3-5-9(10)6-4-8/h3-6H,2,7H2,1H3. The van der Waals surface area contributed by atoms with Crippen molar-refractivity contribution in [2.75, 3.05) is 5.75 Å². The van der Waals surface area contributed by atoms with Gasteiger partial charge in [0.15, 0.2) is 0 Å². The average molecular weight is 231 g/mol. The van der Waals surface area contributed by atoms with Crippen molar-refractivity contribution in [1.82, 2.24) is 0 Å². The maximum Gasteiger partial charge on any atom is 0.0184 e. The zero-order chi connectivity index (χ0) is 8.10. The van der Waals surface area contributed by atoms with Gasteiger partial charge in [-0.15, -0.1) is 0 Å². The fourth-order valence-electron chi connectivity index (χ4n) is 0.801. The van der Waals surface area contributed by atoms with Gasteiger partial charge in [-0.2, -0.15) is 11.8 Å². The van der Waals surface area contributed by atoms with Gasteiger partial charge < -0.3 is 0 Å². The van der Waals surface area contributed by atoms with Crippen LogP contribution in [0.5, 0.6) is 0 Å². The van der Waals surface area contributed by atoms with Crippen LogP contribution >= 0.6 is 27.7 Å². The van der Waals surface area contributed by atoms with Gasteiger partial charge in [-0.1, -0.05) is 35.0 Å². The first-order chi connectivity index (χ1) is 5.33. The molecule has 2 heteroatoms. The van der Waals surface area contributed by atoms with Gasteiger partial charge in [-0.3, -0.25) is 0 Å². The highest BCUT2D eigenvalue weighted by atomic mass is 79.9. The third-order valence-electron chi connectivity index (χ3n) is 1.39. The lowest BCUT2D eigenvalue weighted by Crippen LogP contribution is -1.79. The van der Waals surface area contributed by atoms with Crippen LogP contribution in [-0.4, -0.2) is 5.75 Å². The van der Waals surface area contributed by atoms with Crippen molar-refractivity contribution in [2.24, 2.45) is 0 Å². The fourth-order valence-corrected chi connectivity index (χ4v) is 1.70. The molecule has 0 spiro atoms. The summed E-state index contributed by atoms with van der Waals surface area (Å²) in [6, 6.07) is 8.50. The molecule has 1 aromatic carbocycles. The second-order valence-electron chi connectivity index (χ2n) is 2.26. The average Bonchev–Trinajstić information content (AvgIpc) is 2.04. The van der Waals surface area contributed by atoms with Gasteiger partial charge in [0.05, 0.1) is 0 Å². The molecule has 0 unspecified atom stereocenters. The van der Waals surface area contributed by atoms with Crippen LogP contribution in [-0.2, 0) is 5.75 Å². The predicted octanol–water partition coefficient (Wildman–Crippen LogP) is 3.70. The summed E-state index contributed by atoms with van der Waals surface area (Å²) < 4.78 is 1.16. The molecule has 11 heavy (non-hydrogen) atoms. The van der Waals surface area contributed by atoms with Crippen LogP contribution in [0.25, 0.3) is 0 Å². The molecule has 0 atom stereocenters. The molecular formula is C9H11BrS. The summed E-state index contributed by atoms with van der Waals surface area (Å²) in [7, 11) is 0. The summed E-state index contributed by atoms with van der Waals surface area (Å²) in [5.41, 5.74) is 1.40. The van der Waals surface area contributed by atoms with Crippen LogP contribution in [0.2, 0.25) is 0 Å². The predicted molar refractivity (Wildman–Crippen MR) is 56.0 cm³/mol. The quantitative estimate of drug-likeness (QED) is 0.764. The van der Waals surface area contributed by atoms with Gasteiger partial charge in [0.1, 0.15) is 0 Å². The van der Waals surface area contributed by atoms with E-state index < -0.39 is 0 Å². The lowest BCUT2D eigenvalue weighted by Gasteiger charge is -1.98. The number of halogens is 1. The van der Waals surface area contributed by atoms with Crippen LogP contribution in [0.15, 0.2) is 28.7 Å². The lowest BCUT2D eigenvalue weighted by atomic mass is 10.2. The Morgan fingerprint density at radius 1 is 1.27 bits per heavy atom. The maximum atomic E-state index is 3.41.